The van der Waals surface area contributed by atoms with Crippen LogP contribution in [0.5, 0.6) is 5.75 Å². The number of methoxy groups -OCH3 is 1. The second-order valence-electron chi connectivity index (χ2n) is 8.13. The first-order valence-corrected chi connectivity index (χ1v) is 10.5. The number of nitrogens with two attached hydrogens (primary N) is 1. The van der Waals surface area contributed by atoms with Gasteiger partial charge in [-0.3, -0.25) is 4.90 Å². The Bertz CT molecular complexity index is 980. The van der Waals surface area contributed by atoms with Crippen molar-refractivity contribution < 1.29 is 9.53 Å². The molecule has 2 aliphatic rings. The molecule has 2 aliphatic heterocycles. The van der Waals surface area contributed by atoms with Crippen LogP contribution >= 0.6 is 0 Å². The van der Waals surface area contributed by atoms with Crippen molar-refractivity contribution in [1.82, 2.24) is 10.2 Å². The first kappa shape index (κ1) is 20.9. The Morgan fingerprint density at radius 3 is 2.68 bits per heavy atom. The maximum absolute atomic E-state index is 13.6. The van der Waals surface area contributed by atoms with Gasteiger partial charge in [0.15, 0.2) is 0 Å². The topological polar surface area (TPSA) is 83.2 Å². The Morgan fingerprint density at radius 1 is 1.26 bits per heavy atom. The minimum Gasteiger partial charge on any atom is -0.497 e. The zero-order valence-corrected chi connectivity index (χ0v) is 17.9. The molecular weight excluding hydrogens is 390 g/mol. The maximum atomic E-state index is 13.6. The molecule has 3 N–H and O–H groups in total. The molecule has 2 saturated heterocycles. The first-order valence-electron chi connectivity index (χ1n) is 10.5. The van der Waals surface area contributed by atoms with Crippen molar-refractivity contribution >= 4 is 23.5 Å². The molecule has 2 fully saturated rings. The number of benzene rings is 2. The van der Waals surface area contributed by atoms with E-state index in [1.165, 1.54) is 6.21 Å². The van der Waals surface area contributed by atoms with Crippen molar-refractivity contribution in [3.8, 4) is 5.75 Å². The number of anilines is 1. The fourth-order valence-corrected chi connectivity index (χ4v) is 4.53. The summed E-state index contributed by atoms with van der Waals surface area (Å²) in [4.78, 5) is 17.6. The number of ether oxygens (including phenoxy) is 1. The van der Waals surface area contributed by atoms with E-state index >= 15 is 0 Å². The van der Waals surface area contributed by atoms with E-state index in [1.807, 2.05) is 53.4 Å². The van der Waals surface area contributed by atoms with Crippen LogP contribution in [-0.4, -0.2) is 49.4 Å². The summed E-state index contributed by atoms with van der Waals surface area (Å²) in [6.45, 7) is 7.03. The number of nitrogens with zero attached hydrogens (tertiary/aromatic N) is 3. The zero-order chi connectivity index (χ0) is 21.8. The summed E-state index contributed by atoms with van der Waals surface area (Å²) in [6, 6.07) is 15.8. The van der Waals surface area contributed by atoms with E-state index in [1.54, 1.807) is 7.11 Å². The Morgan fingerprint density at radius 2 is 2.00 bits per heavy atom. The number of carbonyl (C=O) groups excluding carboxylic acids is 1. The van der Waals surface area contributed by atoms with Crippen LogP contribution in [0.4, 0.5) is 10.5 Å². The predicted octanol–water partition coefficient (Wildman–Crippen LogP) is 3.22. The summed E-state index contributed by atoms with van der Waals surface area (Å²) in [5, 5.41) is 6.96. The third-order valence-corrected chi connectivity index (χ3v) is 6.28. The lowest BCUT2D eigenvalue weighted by Gasteiger charge is -2.40. The number of allylic oxidation sites excluding steroid dienone is 1. The van der Waals surface area contributed by atoms with Crippen molar-refractivity contribution in [3.05, 3.63) is 66.2 Å². The first-order chi connectivity index (χ1) is 15.1. The summed E-state index contributed by atoms with van der Waals surface area (Å²) in [5.41, 5.74) is 3.43. The van der Waals surface area contributed by atoms with Crippen LogP contribution in [0.2, 0.25) is 0 Å². The SMILES string of the molecule is C=C(/C=N\N)c1ccc(N2CC3(CCNCC3)N(Cc3cccc(OC)c3)C2=O)cc1. The lowest BCUT2D eigenvalue weighted by atomic mass is 9.87. The van der Waals surface area contributed by atoms with Gasteiger partial charge in [-0.1, -0.05) is 30.8 Å². The summed E-state index contributed by atoms with van der Waals surface area (Å²) in [6.07, 6.45) is 3.39. The molecule has 31 heavy (non-hydrogen) atoms. The van der Waals surface area contributed by atoms with Gasteiger partial charge in [0.05, 0.1) is 25.4 Å². The normalized spacial score (nSPS) is 18.2. The van der Waals surface area contributed by atoms with E-state index in [0.717, 1.165) is 54.1 Å². The number of amides is 2. The van der Waals surface area contributed by atoms with Gasteiger partial charge in [0.2, 0.25) is 0 Å². The molecule has 0 saturated carbocycles. The molecule has 0 unspecified atom stereocenters. The van der Waals surface area contributed by atoms with E-state index in [4.69, 9.17) is 10.6 Å². The summed E-state index contributed by atoms with van der Waals surface area (Å²) >= 11 is 0. The fraction of sp³-hybridized carbons (Fsp3) is 0.333. The van der Waals surface area contributed by atoms with Crippen molar-refractivity contribution in [1.29, 1.82) is 0 Å². The third kappa shape index (κ3) is 4.14. The minimum absolute atomic E-state index is 0.0415. The monoisotopic (exact) mass is 419 g/mol. The van der Waals surface area contributed by atoms with Gasteiger partial charge in [0.25, 0.3) is 0 Å². The summed E-state index contributed by atoms with van der Waals surface area (Å²) in [7, 11) is 1.66. The lowest BCUT2D eigenvalue weighted by Crippen LogP contribution is -2.53. The average molecular weight is 420 g/mol. The Kier molecular flexibility index (Phi) is 5.95. The maximum Gasteiger partial charge on any atom is 0.325 e. The molecule has 0 aliphatic carbocycles. The average Bonchev–Trinajstić information content (AvgIpc) is 3.06. The highest BCUT2D eigenvalue weighted by Gasteiger charge is 2.50. The quantitative estimate of drug-likeness (QED) is 0.428. The van der Waals surface area contributed by atoms with Crippen LogP contribution < -0.4 is 20.8 Å². The van der Waals surface area contributed by atoms with Gasteiger partial charge in [0.1, 0.15) is 5.75 Å². The van der Waals surface area contributed by atoms with Crippen molar-refractivity contribution in [2.24, 2.45) is 10.9 Å². The Labute approximate surface area is 183 Å². The fourth-order valence-electron chi connectivity index (χ4n) is 4.53. The van der Waals surface area contributed by atoms with E-state index in [-0.39, 0.29) is 11.6 Å². The summed E-state index contributed by atoms with van der Waals surface area (Å²) < 4.78 is 5.37. The van der Waals surface area contributed by atoms with Crippen LogP contribution in [0.15, 0.2) is 60.2 Å². The highest BCUT2D eigenvalue weighted by atomic mass is 16.5. The number of piperidine rings is 1. The van der Waals surface area contributed by atoms with Crippen LogP contribution in [0.25, 0.3) is 5.57 Å². The standard InChI is InChI=1S/C24H29N5O2/c1-18(15-27-25)20-6-8-21(9-7-20)28-17-24(10-12-26-13-11-24)29(23(28)30)16-19-4-3-5-22(14-19)31-2/h3-9,14-15,26H,1,10-13,16-17,25H2,2H3/b27-15-. The van der Waals surface area contributed by atoms with Crippen molar-refractivity contribution in [2.45, 2.75) is 24.9 Å². The van der Waals surface area contributed by atoms with E-state index in [9.17, 15) is 4.79 Å². The number of hydrazone groups is 1. The van der Waals surface area contributed by atoms with Crippen LogP contribution in [0.3, 0.4) is 0 Å². The zero-order valence-electron chi connectivity index (χ0n) is 17.9. The molecule has 0 aromatic heterocycles. The van der Waals surface area contributed by atoms with Gasteiger partial charge >= 0.3 is 6.03 Å². The third-order valence-electron chi connectivity index (χ3n) is 6.28. The second-order valence-corrected chi connectivity index (χ2v) is 8.13. The van der Waals surface area contributed by atoms with Gasteiger partial charge in [-0.2, -0.15) is 5.10 Å². The van der Waals surface area contributed by atoms with E-state index in [2.05, 4.69) is 21.9 Å². The Hall–Kier alpha value is -3.32. The van der Waals surface area contributed by atoms with Gasteiger partial charge in [-0.05, 0) is 66.9 Å². The van der Waals surface area contributed by atoms with Crippen LogP contribution in [0, 0.1) is 0 Å². The summed E-state index contributed by atoms with van der Waals surface area (Å²) in [5.74, 6) is 6.03. The van der Waals surface area contributed by atoms with Gasteiger partial charge in [-0.15, -0.1) is 0 Å². The molecule has 4 rings (SSSR count). The van der Waals surface area contributed by atoms with Gasteiger partial charge in [-0.25, -0.2) is 4.79 Å². The molecule has 2 heterocycles. The van der Waals surface area contributed by atoms with Crippen molar-refractivity contribution in [2.75, 3.05) is 31.6 Å². The number of nitrogens with one attached hydrogen (secondary N) is 1. The molecule has 7 heteroatoms. The number of rotatable bonds is 6. The number of hydrogen-bond acceptors (Lipinski definition) is 5. The highest BCUT2D eigenvalue weighted by molar-refractivity contribution is 6.08. The number of hydrogen-bond donors (Lipinski definition) is 2. The molecular formula is C24H29N5O2. The highest BCUT2D eigenvalue weighted by Crippen LogP contribution is 2.38. The molecule has 162 valence electrons. The molecule has 2 aromatic carbocycles. The molecule has 7 nitrogen and oxygen atoms in total. The number of carbonyl (C=O) groups is 1. The Balaban J connectivity index is 1.62. The molecule has 0 radical (unpaired) electrons. The molecule has 2 amide bonds. The molecule has 1 spiro atoms. The number of urea groups is 1. The van der Waals surface area contributed by atoms with E-state index < -0.39 is 0 Å². The lowest BCUT2D eigenvalue weighted by molar-refractivity contribution is 0.119. The van der Waals surface area contributed by atoms with Crippen LogP contribution in [0.1, 0.15) is 24.0 Å². The van der Waals surface area contributed by atoms with Gasteiger partial charge < -0.3 is 20.8 Å². The van der Waals surface area contributed by atoms with Crippen molar-refractivity contribution in [3.63, 3.8) is 0 Å². The smallest absolute Gasteiger partial charge is 0.325 e. The molecule has 0 bridgehead atoms. The minimum atomic E-state index is -0.181. The largest absolute Gasteiger partial charge is 0.497 e. The van der Waals surface area contributed by atoms with Crippen LogP contribution in [-0.2, 0) is 6.54 Å². The predicted molar refractivity (Wildman–Crippen MR) is 124 cm³/mol. The van der Waals surface area contributed by atoms with Gasteiger partial charge in [0, 0.05) is 12.2 Å². The molecule has 2 aromatic rings. The second kappa shape index (κ2) is 8.81. The van der Waals surface area contributed by atoms with E-state index in [0.29, 0.717) is 13.1 Å². The molecule has 0 atom stereocenters.